The average molecular weight is 555 g/mol. The maximum Gasteiger partial charge on any atom is 0.306 e. The molecule has 5 heteroatoms. The van der Waals surface area contributed by atoms with Crippen molar-refractivity contribution in [3.05, 3.63) is 0 Å². The third-order valence-corrected chi connectivity index (χ3v) is 7.94. The molecule has 0 saturated carbocycles. The standard InChI is InChI=1S/C34H66O5/c1-4-6-7-8-17-21-24-27-33(36)38-30-32(29-35)39-34(37)28-25-22-19-16-14-12-10-9-11-13-15-18-20-23-26-31(3)5-2/h31-32,35H,4-30H2,1-3H3/t31?,32-/m0/s1. The van der Waals surface area contributed by atoms with E-state index in [1.807, 2.05) is 0 Å². The second kappa shape index (κ2) is 29.9. The van der Waals surface area contributed by atoms with Gasteiger partial charge in [-0.25, -0.2) is 0 Å². The summed E-state index contributed by atoms with van der Waals surface area (Å²) in [6.45, 7) is 6.48. The number of carbonyl (C=O) groups excluding carboxylic acids is 2. The van der Waals surface area contributed by atoms with Crippen molar-refractivity contribution in [1.29, 1.82) is 0 Å². The van der Waals surface area contributed by atoms with E-state index in [1.54, 1.807) is 0 Å². The Hall–Kier alpha value is -1.10. The Morgan fingerprint density at radius 1 is 0.590 bits per heavy atom. The number of esters is 2. The molecule has 0 aliphatic rings. The van der Waals surface area contributed by atoms with Crippen LogP contribution in [-0.4, -0.2) is 36.4 Å². The molecule has 0 radical (unpaired) electrons. The van der Waals surface area contributed by atoms with Crippen molar-refractivity contribution in [3.8, 4) is 0 Å². The van der Waals surface area contributed by atoms with Crippen LogP contribution in [0.15, 0.2) is 0 Å². The highest BCUT2D eigenvalue weighted by Crippen LogP contribution is 2.16. The molecule has 39 heavy (non-hydrogen) atoms. The fourth-order valence-corrected chi connectivity index (χ4v) is 4.94. The van der Waals surface area contributed by atoms with Gasteiger partial charge in [-0.2, -0.15) is 0 Å². The zero-order valence-corrected chi connectivity index (χ0v) is 26.3. The molecule has 0 saturated heterocycles. The van der Waals surface area contributed by atoms with Crippen LogP contribution in [0.1, 0.15) is 181 Å². The quantitative estimate of drug-likeness (QED) is 0.0706. The summed E-state index contributed by atoms with van der Waals surface area (Å²) in [7, 11) is 0. The van der Waals surface area contributed by atoms with Crippen molar-refractivity contribution in [2.24, 2.45) is 5.92 Å². The van der Waals surface area contributed by atoms with Crippen LogP contribution in [-0.2, 0) is 19.1 Å². The Bertz CT molecular complexity index is 536. The van der Waals surface area contributed by atoms with Gasteiger partial charge in [-0.15, -0.1) is 0 Å². The van der Waals surface area contributed by atoms with Crippen molar-refractivity contribution in [2.45, 2.75) is 187 Å². The summed E-state index contributed by atoms with van der Waals surface area (Å²) < 4.78 is 10.5. The van der Waals surface area contributed by atoms with E-state index in [0.717, 1.165) is 44.4 Å². The van der Waals surface area contributed by atoms with Gasteiger partial charge in [0.2, 0.25) is 0 Å². The Morgan fingerprint density at radius 3 is 1.44 bits per heavy atom. The predicted octanol–water partition coefficient (Wildman–Crippen LogP) is 9.86. The minimum absolute atomic E-state index is 0.0596. The first-order valence-corrected chi connectivity index (χ1v) is 17.0. The van der Waals surface area contributed by atoms with Gasteiger partial charge in [-0.1, -0.05) is 156 Å². The lowest BCUT2D eigenvalue weighted by atomic mass is 9.99. The first kappa shape index (κ1) is 37.9. The number of hydrogen-bond donors (Lipinski definition) is 1. The normalized spacial score (nSPS) is 12.8. The number of ether oxygens (including phenoxy) is 2. The van der Waals surface area contributed by atoms with Gasteiger partial charge in [0.05, 0.1) is 6.61 Å². The molecule has 0 aromatic rings. The zero-order valence-electron chi connectivity index (χ0n) is 26.3. The average Bonchev–Trinajstić information content (AvgIpc) is 2.94. The number of carbonyl (C=O) groups is 2. The van der Waals surface area contributed by atoms with Crippen LogP contribution in [0.2, 0.25) is 0 Å². The molecule has 2 atom stereocenters. The highest BCUT2D eigenvalue weighted by Gasteiger charge is 2.16. The van der Waals surface area contributed by atoms with Crippen LogP contribution >= 0.6 is 0 Å². The van der Waals surface area contributed by atoms with E-state index in [2.05, 4.69) is 20.8 Å². The maximum atomic E-state index is 12.1. The van der Waals surface area contributed by atoms with Gasteiger partial charge in [-0.3, -0.25) is 9.59 Å². The molecule has 0 spiro atoms. The van der Waals surface area contributed by atoms with Crippen molar-refractivity contribution in [3.63, 3.8) is 0 Å². The van der Waals surface area contributed by atoms with Crippen molar-refractivity contribution in [1.82, 2.24) is 0 Å². The number of hydrogen-bond acceptors (Lipinski definition) is 5. The first-order chi connectivity index (χ1) is 19.0. The largest absolute Gasteiger partial charge is 0.462 e. The third kappa shape index (κ3) is 28.2. The molecule has 232 valence electrons. The van der Waals surface area contributed by atoms with Crippen LogP contribution in [0.25, 0.3) is 0 Å². The van der Waals surface area contributed by atoms with Gasteiger partial charge in [0, 0.05) is 12.8 Å². The molecule has 0 bridgehead atoms. The van der Waals surface area contributed by atoms with Gasteiger partial charge >= 0.3 is 11.9 Å². The lowest BCUT2D eigenvalue weighted by molar-refractivity contribution is -0.161. The molecule has 1 unspecified atom stereocenters. The maximum absolute atomic E-state index is 12.1. The second-order valence-electron chi connectivity index (χ2n) is 11.9. The number of aliphatic hydroxyl groups is 1. The van der Waals surface area contributed by atoms with E-state index < -0.39 is 6.10 Å². The number of rotatable bonds is 30. The van der Waals surface area contributed by atoms with E-state index in [4.69, 9.17) is 9.47 Å². The van der Waals surface area contributed by atoms with E-state index in [-0.39, 0.29) is 25.2 Å². The SMILES string of the molecule is CCCCCCCCCC(=O)OC[C@H](CO)OC(=O)CCCCCCCCCCCCCCCCC(C)CC. The molecule has 0 fully saturated rings. The van der Waals surface area contributed by atoms with Gasteiger partial charge in [0.1, 0.15) is 6.61 Å². The lowest BCUT2D eigenvalue weighted by Crippen LogP contribution is -2.28. The van der Waals surface area contributed by atoms with Gasteiger partial charge in [-0.05, 0) is 18.8 Å². The fraction of sp³-hybridized carbons (Fsp3) is 0.941. The number of unbranched alkanes of at least 4 members (excludes halogenated alkanes) is 19. The summed E-state index contributed by atoms with van der Waals surface area (Å²) in [6.07, 6.45) is 28.8. The molecule has 0 heterocycles. The monoisotopic (exact) mass is 554 g/mol. The van der Waals surface area contributed by atoms with Gasteiger partial charge < -0.3 is 14.6 Å². The second-order valence-corrected chi connectivity index (χ2v) is 11.9. The minimum atomic E-state index is -0.759. The Kier molecular flexibility index (Phi) is 29.0. The predicted molar refractivity (Wildman–Crippen MR) is 164 cm³/mol. The molecular weight excluding hydrogens is 488 g/mol. The van der Waals surface area contributed by atoms with Crippen LogP contribution in [0.5, 0.6) is 0 Å². The molecular formula is C34H66O5. The summed E-state index contributed by atoms with van der Waals surface area (Å²) >= 11 is 0. The third-order valence-electron chi connectivity index (χ3n) is 7.94. The van der Waals surface area contributed by atoms with E-state index in [0.29, 0.717) is 12.8 Å². The van der Waals surface area contributed by atoms with Gasteiger partial charge in [0.25, 0.3) is 0 Å². The topological polar surface area (TPSA) is 72.8 Å². The summed E-state index contributed by atoms with van der Waals surface area (Å²) in [5.74, 6) is 0.313. The molecule has 0 aromatic carbocycles. The minimum Gasteiger partial charge on any atom is -0.462 e. The van der Waals surface area contributed by atoms with Crippen LogP contribution < -0.4 is 0 Å². The summed E-state index contributed by atoms with van der Waals surface area (Å²) in [5.41, 5.74) is 0. The van der Waals surface area contributed by atoms with E-state index in [9.17, 15) is 14.7 Å². The molecule has 0 rings (SSSR count). The van der Waals surface area contributed by atoms with Gasteiger partial charge in [0.15, 0.2) is 6.10 Å². The van der Waals surface area contributed by atoms with Crippen molar-refractivity contribution >= 4 is 11.9 Å². The highest BCUT2D eigenvalue weighted by atomic mass is 16.6. The Balaban J connectivity index is 3.49. The Labute approximate surface area is 242 Å². The highest BCUT2D eigenvalue weighted by molar-refractivity contribution is 5.70. The smallest absolute Gasteiger partial charge is 0.306 e. The molecule has 0 aliphatic heterocycles. The Morgan fingerprint density at radius 2 is 1.00 bits per heavy atom. The molecule has 0 aromatic heterocycles. The first-order valence-electron chi connectivity index (χ1n) is 17.0. The summed E-state index contributed by atoms with van der Waals surface area (Å²) in [5, 5.41) is 9.46. The van der Waals surface area contributed by atoms with E-state index in [1.165, 1.54) is 109 Å². The van der Waals surface area contributed by atoms with Crippen LogP contribution in [0.4, 0.5) is 0 Å². The fourth-order valence-electron chi connectivity index (χ4n) is 4.94. The molecule has 5 nitrogen and oxygen atoms in total. The van der Waals surface area contributed by atoms with Crippen molar-refractivity contribution < 1.29 is 24.2 Å². The van der Waals surface area contributed by atoms with Crippen molar-refractivity contribution in [2.75, 3.05) is 13.2 Å². The molecule has 1 N–H and O–H groups in total. The summed E-state index contributed by atoms with van der Waals surface area (Å²) in [6, 6.07) is 0. The van der Waals surface area contributed by atoms with Crippen LogP contribution in [0.3, 0.4) is 0 Å². The number of aliphatic hydroxyl groups excluding tert-OH is 1. The molecule has 0 amide bonds. The molecule has 0 aliphatic carbocycles. The summed E-state index contributed by atoms with van der Waals surface area (Å²) in [4.78, 5) is 24.0. The van der Waals surface area contributed by atoms with E-state index >= 15 is 0 Å². The lowest BCUT2D eigenvalue weighted by Gasteiger charge is -2.15. The van der Waals surface area contributed by atoms with Crippen LogP contribution in [0, 0.1) is 5.92 Å². The zero-order chi connectivity index (χ0) is 28.8.